The molecule has 0 aliphatic heterocycles. The largest absolute Gasteiger partial charge is 0.392 e. The lowest BCUT2D eigenvalue weighted by Gasteiger charge is -2.15. The predicted octanol–water partition coefficient (Wildman–Crippen LogP) is 2.34. The number of aliphatic hydroxyl groups is 1. The molecule has 0 aliphatic carbocycles. The average molecular weight is 303 g/mol. The molecule has 0 aliphatic rings. The van der Waals surface area contributed by atoms with Crippen LogP contribution in [0.25, 0.3) is 0 Å². The Hall–Kier alpha value is -2.34. The molecule has 1 aromatic heterocycles. The van der Waals surface area contributed by atoms with Gasteiger partial charge in [-0.1, -0.05) is 29.4 Å². The Morgan fingerprint density at radius 3 is 2.59 bits per heavy atom. The highest BCUT2D eigenvalue weighted by Gasteiger charge is 2.18. The Balaban J connectivity index is 1.93. The molecule has 2 aromatic rings. The van der Waals surface area contributed by atoms with Crippen molar-refractivity contribution in [2.75, 3.05) is 0 Å². The number of rotatable bonds is 5. The van der Waals surface area contributed by atoms with Crippen molar-refractivity contribution in [1.29, 1.82) is 0 Å². The van der Waals surface area contributed by atoms with Crippen LogP contribution in [-0.4, -0.2) is 16.3 Å². The fourth-order valence-electron chi connectivity index (χ4n) is 2.49. The molecule has 6 heteroatoms. The van der Waals surface area contributed by atoms with Crippen molar-refractivity contribution >= 4 is 6.03 Å². The van der Waals surface area contributed by atoms with Gasteiger partial charge in [-0.15, -0.1) is 0 Å². The molecule has 0 spiro atoms. The van der Waals surface area contributed by atoms with Gasteiger partial charge in [0.15, 0.2) is 0 Å². The first kappa shape index (κ1) is 16.0. The van der Waals surface area contributed by atoms with E-state index in [1.165, 1.54) is 0 Å². The number of nitrogens with one attached hydrogen (secondary N) is 2. The van der Waals surface area contributed by atoms with Crippen molar-refractivity contribution in [3.8, 4) is 0 Å². The first-order valence-electron chi connectivity index (χ1n) is 7.17. The van der Waals surface area contributed by atoms with Crippen molar-refractivity contribution in [3.63, 3.8) is 0 Å². The van der Waals surface area contributed by atoms with Crippen molar-refractivity contribution in [2.24, 2.45) is 0 Å². The first-order chi connectivity index (χ1) is 10.5. The third-order valence-corrected chi connectivity index (χ3v) is 3.60. The summed E-state index contributed by atoms with van der Waals surface area (Å²) in [7, 11) is 0. The van der Waals surface area contributed by atoms with Gasteiger partial charge >= 0.3 is 6.03 Å². The van der Waals surface area contributed by atoms with Crippen LogP contribution in [0.5, 0.6) is 0 Å². The van der Waals surface area contributed by atoms with Gasteiger partial charge in [-0.3, -0.25) is 0 Å². The molecule has 2 rings (SSSR count). The Bertz CT molecular complexity index is 632. The fourth-order valence-corrected chi connectivity index (χ4v) is 2.49. The lowest BCUT2D eigenvalue weighted by molar-refractivity contribution is 0.237. The van der Waals surface area contributed by atoms with Gasteiger partial charge in [0.05, 0.1) is 18.3 Å². The summed E-state index contributed by atoms with van der Waals surface area (Å²) in [6, 6.07) is 6.97. The van der Waals surface area contributed by atoms with Crippen LogP contribution in [0.1, 0.15) is 41.1 Å². The second-order valence-corrected chi connectivity index (χ2v) is 5.21. The van der Waals surface area contributed by atoms with Crippen molar-refractivity contribution in [2.45, 2.75) is 40.0 Å². The highest BCUT2D eigenvalue weighted by atomic mass is 16.5. The number of aliphatic hydroxyl groups excluding tert-OH is 1. The predicted molar refractivity (Wildman–Crippen MR) is 82.1 cm³/mol. The zero-order valence-corrected chi connectivity index (χ0v) is 13.0. The lowest BCUT2D eigenvalue weighted by Crippen LogP contribution is -2.37. The number of urea groups is 1. The number of benzene rings is 1. The number of carbonyl (C=O) groups excluding carboxylic acids is 1. The fraction of sp³-hybridized carbons (Fsp3) is 0.375. The molecule has 0 radical (unpaired) electrons. The van der Waals surface area contributed by atoms with E-state index in [0.717, 1.165) is 22.4 Å². The van der Waals surface area contributed by atoms with Crippen LogP contribution in [0.3, 0.4) is 0 Å². The van der Waals surface area contributed by atoms with E-state index >= 15 is 0 Å². The second-order valence-electron chi connectivity index (χ2n) is 5.21. The molecule has 1 atom stereocenters. The van der Waals surface area contributed by atoms with Crippen LogP contribution in [-0.2, 0) is 13.2 Å². The van der Waals surface area contributed by atoms with Gasteiger partial charge in [-0.2, -0.15) is 0 Å². The molecule has 6 nitrogen and oxygen atoms in total. The zero-order valence-electron chi connectivity index (χ0n) is 13.0. The quantitative estimate of drug-likeness (QED) is 0.791. The molecule has 1 heterocycles. The first-order valence-corrected chi connectivity index (χ1v) is 7.17. The molecule has 22 heavy (non-hydrogen) atoms. The van der Waals surface area contributed by atoms with Crippen LogP contribution in [0, 0.1) is 13.8 Å². The summed E-state index contributed by atoms with van der Waals surface area (Å²) in [5.41, 5.74) is 3.37. The number of hydrogen-bond donors (Lipinski definition) is 3. The van der Waals surface area contributed by atoms with Gasteiger partial charge in [0.2, 0.25) is 0 Å². The maximum absolute atomic E-state index is 12.0. The monoisotopic (exact) mass is 303 g/mol. The van der Waals surface area contributed by atoms with E-state index in [1.807, 2.05) is 45.0 Å². The van der Waals surface area contributed by atoms with Gasteiger partial charge < -0.3 is 20.3 Å². The van der Waals surface area contributed by atoms with E-state index in [-0.39, 0.29) is 18.7 Å². The van der Waals surface area contributed by atoms with Crippen molar-refractivity contribution < 1.29 is 14.4 Å². The van der Waals surface area contributed by atoms with E-state index in [1.54, 1.807) is 0 Å². The summed E-state index contributed by atoms with van der Waals surface area (Å²) in [6.07, 6.45) is 0. The Morgan fingerprint density at radius 1 is 1.32 bits per heavy atom. The summed E-state index contributed by atoms with van der Waals surface area (Å²) in [5.74, 6) is 0.705. The minimum Gasteiger partial charge on any atom is -0.392 e. The minimum atomic E-state index is -0.278. The number of amides is 2. The van der Waals surface area contributed by atoms with Crippen molar-refractivity contribution in [3.05, 3.63) is 52.4 Å². The maximum Gasteiger partial charge on any atom is 0.315 e. The molecule has 0 fully saturated rings. The second kappa shape index (κ2) is 7.09. The highest BCUT2D eigenvalue weighted by Crippen LogP contribution is 2.20. The number of carbonyl (C=O) groups is 1. The Morgan fingerprint density at radius 2 is 2.00 bits per heavy atom. The highest BCUT2D eigenvalue weighted by molar-refractivity contribution is 5.74. The van der Waals surface area contributed by atoms with Crippen LogP contribution in [0.2, 0.25) is 0 Å². The average Bonchev–Trinajstić information content (AvgIpc) is 2.84. The summed E-state index contributed by atoms with van der Waals surface area (Å²) < 4.78 is 5.11. The molecule has 1 aromatic carbocycles. The van der Waals surface area contributed by atoms with E-state index in [4.69, 9.17) is 4.52 Å². The molecule has 0 bridgehead atoms. The standard InChI is InChI=1S/C16H21N3O3/c1-10(15-11(2)19-22-12(15)3)18-16(21)17-8-13-6-4-5-7-14(13)9-20/h4-7,10,20H,8-9H2,1-3H3,(H2,17,18,21). The molecule has 1 unspecified atom stereocenters. The molecular weight excluding hydrogens is 282 g/mol. The van der Waals surface area contributed by atoms with Gasteiger partial charge in [0, 0.05) is 12.1 Å². The number of nitrogens with zero attached hydrogens (tertiary/aromatic N) is 1. The maximum atomic E-state index is 12.0. The molecule has 0 saturated heterocycles. The summed E-state index contributed by atoms with van der Waals surface area (Å²) in [6.45, 7) is 5.86. The molecule has 0 saturated carbocycles. The van der Waals surface area contributed by atoms with E-state index in [9.17, 15) is 9.90 Å². The van der Waals surface area contributed by atoms with Gasteiger partial charge in [0.25, 0.3) is 0 Å². The van der Waals surface area contributed by atoms with Gasteiger partial charge in [0.1, 0.15) is 5.76 Å². The summed E-state index contributed by atoms with van der Waals surface area (Å²) in [5, 5.41) is 18.8. The van der Waals surface area contributed by atoms with Crippen LogP contribution in [0.15, 0.2) is 28.8 Å². The molecule has 118 valence electrons. The minimum absolute atomic E-state index is 0.0467. The number of aryl methyl sites for hydroxylation is 2. The van der Waals surface area contributed by atoms with E-state index in [2.05, 4.69) is 15.8 Å². The number of aromatic nitrogens is 1. The van der Waals surface area contributed by atoms with Crippen LogP contribution < -0.4 is 10.6 Å². The van der Waals surface area contributed by atoms with Crippen LogP contribution in [0.4, 0.5) is 4.79 Å². The lowest BCUT2D eigenvalue weighted by atomic mass is 10.1. The topological polar surface area (TPSA) is 87.4 Å². The summed E-state index contributed by atoms with van der Waals surface area (Å²) in [4.78, 5) is 12.0. The van der Waals surface area contributed by atoms with Gasteiger partial charge in [-0.25, -0.2) is 4.79 Å². The van der Waals surface area contributed by atoms with Crippen molar-refractivity contribution in [1.82, 2.24) is 15.8 Å². The van der Waals surface area contributed by atoms with E-state index in [0.29, 0.717) is 12.3 Å². The smallest absolute Gasteiger partial charge is 0.315 e. The van der Waals surface area contributed by atoms with Crippen LogP contribution >= 0.6 is 0 Å². The molecular formula is C16H21N3O3. The SMILES string of the molecule is Cc1noc(C)c1C(C)NC(=O)NCc1ccccc1CO. The Kier molecular flexibility index (Phi) is 5.16. The third-order valence-electron chi connectivity index (χ3n) is 3.60. The third kappa shape index (κ3) is 3.65. The molecule has 2 amide bonds. The van der Waals surface area contributed by atoms with E-state index < -0.39 is 0 Å². The molecule has 3 N–H and O–H groups in total. The Labute approximate surface area is 129 Å². The van der Waals surface area contributed by atoms with Gasteiger partial charge in [-0.05, 0) is 31.9 Å². The zero-order chi connectivity index (χ0) is 16.1. The summed E-state index contributed by atoms with van der Waals surface area (Å²) >= 11 is 0. The number of hydrogen-bond acceptors (Lipinski definition) is 4. The normalized spacial score (nSPS) is 12.0.